The molecule has 3 heteroatoms. The summed E-state index contributed by atoms with van der Waals surface area (Å²) in [5.74, 6) is 2.30. The number of amides is 1. The maximum Gasteiger partial charge on any atom is 0.221 e. The molecule has 86 valence electrons. The van der Waals surface area contributed by atoms with Gasteiger partial charge in [0.1, 0.15) is 0 Å². The number of carbonyl (C=O) groups is 1. The zero-order valence-electron chi connectivity index (χ0n) is 9.84. The summed E-state index contributed by atoms with van der Waals surface area (Å²) in [6, 6.07) is 0. The van der Waals surface area contributed by atoms with Gasteiger partial charge in [0, 0.05) is 19.4 Å². The molecule has 0 saturated carbocycles. The van der Waals surface area contributed by atoms with Crippen molar-refractivity contribution in [3.05, 3.63) is 0 Å². The van der Waals surface area contributed by atoms with Gasteiger partial charge in [0.05, 0.1) is 6.10 Å². The van der Waals surface area contributed by atoms with Crippen LogP contribution in [0.15, 0.2) is 0 Å². The first kappa shape index (κ1) is 14.0. The molecule has 0 aromatic rings. The average molecular weight is 211 g/mol. The fraction of sp³-hybridized carbons (Fsp3) is 0.750. The van der Waals surface area contributed by atoms with Gasteiger partial charge in [0.2, 0.25) is 5.91 Å². The van der Waals surface area contributed by atoms with E-state index < -0.39 is 6.10 Å². The summed E-state index contributed by atoms with van der Waals surface area (Å²) in [4.78, 5) is 11.2. The fourth-order valence-electron chi connectivity index (χ4n) is 1.28. The van der Waals surface area contributed by atoms with E-state index in [-0.39, 0.29) is 11.3 Å². The molecule has 0 aliphatic heterocycles. The van der Waals surface area contributed by atoms with Crippen LogP contribution in [0.1, 0.15) is 40.0 Å². The van der Waals surface area contributed by atoms with Gasteiger partial charge in [-0.05, 0) is 11.8 Å². The predicted molar refractivity (Wildman–Crippen MR) is 61.2 cm³/mol. The number of carbonyl (C=O) groups excluding carboxylic acids is 1. The lowest BCUT2D eigenvalue weighted by molar-refractivity contribution is -0.121. The highest BCUT2D eigenvalue weighted by atomic mass is 16.3. The molecule has 3 nitrogen and oxygen atoms in total. The van der Waals surface area contributed by atoms with Gasteiger partial charge in [-0.3, -0.25) is 4.79 Å². The number of nitrogens with one attached hydrogen (secondary N) is 1. The maximum absolute atomic E-state index is 11.2. The van der Waals surface area contributed by atoms with Crippen LogP contribution in [0, 0.1) is 17.8 Å². The quantitative estimate of drug-likeness (QED) is 0.674. The minimum atomic E-state index is -0.486. The van der Waals surface area contributed by atoms with Gasteiger partial charge in [-0.15, -0.1) is 12.3 Å². The molecule has 0 aromatic heterocycles. The summed E-state index contributed by atoms with van der Waals surface area (Å²) in [6.45, 7) is 6.46. The lowest BCUT2D eigenvalue weighted by Gasteiger charge is -2.22. The van der Waals surface area contributed by atoms with Gasteiger partial charge in [0.25, 0.3) is 0 Å². The molecule has 2 N–H and O–H groups in total. The second kappa shape index (κ2) is 6.47. The third-order valence-corrected chi connectivity index (χ3v) is 1.88. The van der Waals surface area contributed by atoms with Gasteiger partial charge >= 0.3 is 0 Å². The molecule has 0 heterocycles. The molecule has 0 radical (unpaired) electrons. The van der Waals surface area contributed by atoms with Crippen molar-refractivity contribution in [1.82, 2.24) is 5.32 Å². The van der Waals surface area contributed by atoms with Crippen molar-refractivity contribution in [3.63, 3.8) is 0 Å². The van der Waals surface area contributed by atoms with Crippen LogP contribution in [0.25, 0.3) is 0 Å². The molecule has 0 aromatic carbocycles. The number of aliphatic hydroxyl groups is 1. The normalized spacial score (nSPS) is 13.0. The van der Waals surface area contributed by atoms with Crippen molar-refractivity contribution in [2.45, 2.75) is 46.1 Å². The summed E-state index contributed by atoms with van der Waals surface area (Å²) < 4.78 is 0. The van der Waals surface area contributed by atoms with Crippen molar-refractivity contribution in [2.24, 2.45) is 5.41 Å². The molecule has 0 aliphatic rings. The standard InChI is InChI=1S/C12H21NO2/c1-5-6-7-11(15)13-9-10(14)8-12(2,3)4/h1,10,14H,6-9H2,2-4H3,(H,13,15). The molecular weight excluding hydrogens is 190 g/mol. The van der Waals surface area contributed by atoms with Crippen LogP contribution >= 0.6 is 0 Å². The smallest absolute Gasteiger partial charge is 0.221 e. The van der Waals surface area contributed by atoms with Gasteiger partial charge in [-0.2, -0.15) is 0 Å². The van der Waals surface area contributed by atoms with Gasteiger partial charge in [0.15, 0.2) is 0 Å². The van der Waals surface area contributed by atoms with E-state index in [0.717, 1.165) is 0 Å². The highest BCUT2D eigenvalue weighted by Crippen LogP contribution is 2.20. The molecule has 1 unspecified atom stereocenters. The largest absolute Gasteiger partial charge is 0.391 e. The number of hydrogen-bond donors (Lipinski definition) is 2. The Balaban J connectivity index is 3.67. The van der Waals surface area contributed by atoms with Crippen molar-refractivity contribution < 1.29 is 9.90 Å². The minimum Gasteiger partial charge on any atom is -0.391 e. The van der Waals surface area contributed by atoms with Crippen LogP contribution in [0.3, 0.4) is 0 Å². The predicted octanol–water partition coefficient (Wildman–Crippen LogP) is 1.31. The minimum absolute atomic E-state index is 0.0724. The molecule has 15 heavy (non-hydrogen) atoms. The van der Waals surface area contributed by atoms with Crippen LogP contribution in [-0.2, 0) is 4.79 Å². The van der Waals surface area contributed by atoms with Crippen molar-refractivity contribution in [3.8, 4) is 12.3 Å². The number of hydrogen-bond acceptors (Lipinski definition) is 2. The molecule has 0 saturated heterocycles. The molecule has 0 spiro atoms. The molecular formula is C12H21NO2. The molecule has 0 rings (SSSR count). The van der Waals surface area contributed by atoms with Gasteiger partial charge in [-0.25, -0.2) is 0 Å². The summed E-state index contributed by atoms with van der Waals surface area (Å²) in [6.07, 6.45) is 6.00. The second-order valence-corrected chi connectivity index (χ2v) is 4.93. The van der Waals surface area contributed by atoms with Crippen LogP contribution < -0.4 is 5.32 Å². The first-order chi connectivity index (χ1) is 6.85. The number of rotatable bonds is 5. The lowest BCUT2D eigenvalue weighted by atomic mass is 9.89. The van der Waals surface area contributed by atoms with Crippen molar-refractivity contribution in [2.75, 3.05) is 6.54 Å². The zero-order chi connectivity index (χ0) is 11.9. The van der Waals surface area contributed by atoms with Crippen LogP contribution in [-0.4, -0.2) is 23.7 Å². The number of aliphatic hydroxyl groups excluding tert-OH is 1. The Bertz CT molecular complexity index is 235. The third kappa shape index (κ3) is 9.30. The van der Waals surface area contributed by atoms with E-state index in [1.54, 1.807) is 0 Å². The topological polar surface area (TPSA) is 49.3 Å². The molecule has 0 fully saturated rings. The van der Waals surface area contributed by atoms with E-state index in [9.17, 15) is 9.90 Å². The van der Waals surface area contributed by atoms with Crippen LogP contribution in [0.2, 0.25) is 0 Å². The lowest BCUT2D eigenvalue weighted by Crippen LogP contribution is -2.33. The molecule has 0 aliphatic carbocycles. The molecule has 1 atom stereocenters. The van der Waals surface area contributed by atoms with Gasteiger partial charge in [-0.1, -0.05) is 20.8 Å². The van der Waals surface area contributed by atoms with E-state index in [0.29, 0.717) is 25.8 Å². The Labute approximate surface area is 92.3 Å². The average Bonchev–Trinajstić information content (AvgIpc) is 2.08. The summed E-state index contributed by atoms with van der Waals surface area (Å²) in [7, 11) is 0. The Hall–Kier alpha value is -1.01. The van der Waals surface area contributed by atoms with E-state index in [2.05, 4.69) is 32.0 Å². The Morgan fingerprint density at radius 1 is 1.53 bits per heavy atom. The summed E-state index contributed by atoms with van der Waals surface area (Å²) >= 11 is 0. The Kier molecular flexibility index (Phi) is 6.03. The van der Waals surface area contributed by atoms with E-state index >= 15 is 0 Å². The zero-order valence-corrected chi connectivity index (χ0v) is 9.84. The SMILES string of the molecule is C#CCCC(=O)NCC(O)CC(C)(C)C. The Morgan fingerprint density at radius 3 is 2.60 bits per heavy atom. The number of terminal acetylenes is 1. The third-order valence-electron chi connectivity index (χ3n) is 1.88. The fourth-order valence-corrected chi connectivity index (χ4v) is 1.28. The molecule has 1 amide bonds. The highest BCUT2D eigenvalue weighted by Gasteiger charge is 2.16. The van der Waals surface area contributed by atoms with Crippen molar-refractivity contribution >= 4 is 5.91 Å². The summed E-state index contributed by atoms with van der Waals surface area (Å²) in [5.41, 5.74) is 0.0724. The Morgan fingerprint density at radius 2 is 2.13 bits per heavy atom. The van der Waals surface area contributed by atoms with Crippen molar-refractivity contribution in [1.29, 1.82) is 0 Å². The first-order valence-corrected chi connectivity index (χ1v) is 5.23. The van der Waals surface area contributed by atoms with E-state index in [1.807, 2.05) is 0 Å². The van der Waals surface area contributed by atoms with Gasteiger partial charge < -0.3 is 10.4 Å². The molecule has 0 bridgehead atoms. The maximum atomic E-state index is 11.2. The monoisotopic (exact) mass is 211 g/mol. The van der Waals surface area contributed by atoms with E-state index in [4.69, 9.17) is 6.42 Å². The summed E-state index contributed by atoms with van der Waals surface area (Å²) in [5, 5.41) is 12.3. The highest BCUT2D eigenvalue weighted by molar-refractivity contribution is 5.76. The first-order valence-electron chi connectivity index (χ1n) is 5.23. The van der Waals surface area contributed by atoms with Crippen LogP contribution in [0.5, 0.6) is 0 Å². The van der Waals surface area contributed by atoms with Crippen LogP contribution in [0.4, 0.5) is 0 Å². The van der Waals surface area contributed by atoms with E-state index in [1.165, 1.54) is 0 Å². The second-order valence-electron chi connectivity index (χ2n) is 4.93.